The van der Waals surface area contributed by atoms with Crippen LogP contribution in [0.5, 0.6) is 0 Å². The summed E-state index contributed by atoms with van der Waals surface area (Å²) in [7, 11) is 0. The van der Waals surface area contributed by atoms with E-state index in [0.29, 0.717) is 11.2 Å². The number of nitrogens with zero attached hydrogens (tertiary/aromatic N) is 2. The van der Waals surface area contributed by atoms with E-state index in [0.717, 1.165) is 18.7 Å². The monoisotopic (exact) mass is 397 g/mol. The zero-order valence-corrected chi connectivity index (χ0v) is 18.2. The van der Waals surface area contributed by atoms with Gasteiger partial charge in [0.2, 0.25) is 5.91 Å². The van der Waals surface area contributed by atoms with Crippen molar-refractivity contribution in [3.63, 3.8) is 0 Å². The third kappa shape index (κ3) is 5.76. The van der Waals surface area contributed by atoms with E-state index in [1.54, 1.807) is 17.4 Å². The molecule has 1 aliphatic heterocycles. The number of hydrogen-bond donors (Lipinski definition) is 1. The van der Waals surface area contributed by atoms with Gasteiger partial charge in [0.15, 0.2) is 5.13 Å². The number of nitrogens with one attached hydrogen (secondary N) is 1. The molecule has 1 N–H and O–H groups in total. The number of piperidine rings is 1. The molecule has 3 rings (SSSR count). The maximum absolute atomic E-state index is 12.2. The molecule has 1 fully saturated rings. The second-order valence-electron chi connectivity index (χ2n) is 8.64. The maximum Gasteiger partial charge on any atom is 0.250 e. The highest BCUT2D eigenvalue weighted by molar-refractivity contribution is 7.15. The quantitative estimate of drug-likeness (QED) is 0.681. The minimum atomic E-state index is -0.146. The summed E-state index contributed by atoms with van der Waals surface area (Å²) in [6.07, 6.45) is 9.16. The van der Waals surface area contributed by atoms with Gasteiger partial charge in [-0.3, -0.25) is 15.0 Å². The van der Waals surface area contributed by atoms with Gasteiger partial charge >= 0.3 is 0 Å². The van der Waals surface area contributed by atoms with Crippen molar-refractivity contribution in [3.8, 4) is 0 Å². The zero-order chi connectivity index (χ0) is 20.1. The van der Waals surface area contributed by atoms with Crippen LogP contribution in [0.4, 0.5) is 5.13 Å². The molecule has 1 atom stereocenters. The van der Waals surface area contributed by atoms with Gasteiger partial charge < -0.3 is 0 Å². The Morgan fingerprint density at radius 2 is 2.04 bits per heavy atom. The van der Waals surface area contributed by atoms with Crippen molar-refractivity contribution in [2.24, 2.45) is 0 Å². The smallest absolute Gasteiger partial charge is 0.250 e. The molecule has 2 aromatic rings. The highest BCUT2D eigenvalue weighted by Crippen LogP contribution is 2.24. The minimum Gasteiger partial charge on any atom is -0.298 e. The number of thiazole rings is 1. The first-order valence-electron chi connectivity index (χ1n) is 10.1. The minimum absolute atomic E-state index is 0.133. The Morgan fingerprint density at radius 3 is 2.71 bits per heavy atom. The van der Waals surface area contributed by atoms with Gasteiger partial charge in [0.25, 0.3) is 0 Å². The lowest BCUT2D eigenvalue weighted by Crippen LogP contribution is -2.36. The van der Waals surface area contributed by atoms with Gasteiger partial charge in [-0.25, -0.2) is 4.98 Å². The van der Waals surface area contributed by atoms with E-state index in [1.165, 1.54) is 29.7 Å². The molecule has 1 aromatic heterocycles. The van der Waals surface area contributed by atoms with Crippen molar-refractivity contribution in [1.29, 1.82) is 0 Å². The highest BCUT2D eigenvalue weighted by atomic mass is 32.1. The Labute approximate surface area is 172 Å². The molecule has 28 heavy (non-hydrogen) atoms. The molecule has 0 radical (unpaired) electrons. The van der Waals surface area contributed by atoms with Crippen LogP contribution in [0.1, 0.15) is 63.0 Å². The van der Waals surface area contributed by atoms with Crippen LogP contribution in [0.2, 0.25) is 0 Å². The molecule has 0 aliphatic carbocycles. The predicted molar refractivity (Wildman–Crippen MR) is 119 cm³/mol. The molecule has 0 bridgehead atoms. The van der Waals surface area contributed by atoms with Crippen molar-refractivity contribution in [1.82, 2.24) is 9.88 Å². The second kappa shape index (κ2) is 9.01. The molecular formula is C23H31N3OS. The van der Waals surface area contributed by atoms with Gasteiger partial charge in [0, 0.05) is 29.7 Å². The molecule has 150 valence electrons. The van der Waals surface area contributed by atoms with E-state index in [9.17, 15) is 4.79 Å². The van der Waals surface area contributed by atoms with Crippen molar-refractivity contribution >= 4 is 28.5 Å². The van der Waals surface area contributed by atoms with Crippen LogP contribution in [-0.2, 0) is 16.8 Å². The fourth-order valence-electron chi connectivity index (χ4n) is 3.44. The Hall–Kier alpha value is -1.98. The summed E-state index contributed by atoms with van der Waals surface area (Å²) in [6.45, 7) is 10.9. The standard InChI is InChI=1S/C23H31N3OS/c1-17-7-5-6-14-26(17)16-20-15-24-22(28-20)25-21(27)13-10-18-8-11-19(12-9-18)23(2,3)4/h8-13,15,17H,5-7,14,16H2,1-4H3,(H,24,25,27)/b13-10+. The summed E-state index contributed by atoms with van der Waals surface area (Å²) in [5.41, 5.74) is 2.43. The molecule has 0 spiro atoms. The number of carbonyl (C=O) groups excluding carboxylic acids is 1. The van der Waals surface area contributed by atoms with Gasteiger partial charge in [-0.1, -0.05) is 51.5 Å². The van der Waals surface area contributed by atoms with Crippen molar-refractivity contribution in [2.45, 2.75) is 65.0 Å². The summed E-state index contributed by atoms with van der Waals surface area (Å²) in [4.78, 5) is 20.3. The number of rotatable bonds is 5. The van der Waals surface area contributed by atoms with Gasteiger partial charge in [-0.2, -0.15) is 0 Å². The lowest BCUT2D eigenvalue weighted by molar-refractivity contribution is -0.111. The van der Waals surface area contributed by atoms with Crippen LogP contribution in [0.3, 0.4) is 0 Å². The van der Waals surface area contributed by atoms with Crippen LogP contribution in [-0.4, -0.2) is 28.4 Å². The third-order valence-corrected chi connectivity index (χ3v) is 6.18. The first kappa shape index (κ1) is 20.7. The largest absolute Gasteiger partial charge is 0.298 e. The topological polar surface area (TPSA) is 45.2 Å². The Balaban J connectivity index is 1.53. The molecule has 5 heteroatoms. The van der Waals surface area contributed by atoms with Crippen molar-refractivity contribution in [3.05, 3.63) is 52.5 Å². The van der Waals surface area contributed by atoms with E-state index < -0.39 is 0 Å². The van der Waals surface area contributed by atoms with Crippen molar-refractivity contribution < 1.29 is 4.79 Å². The molecule has 4 nitrogen and oxygen atoms in total. The maximum atomic E-state index is 12.2. The lowest BCUT2D eigenvalue weighted by Gasteiger charge is -2.32. The molecular weight excluding hydrogens is 366 g/mol. The zero-order valence-electron chi connectivity index (χ0n) is 17.4. The lowest BCUT2D eigenvalue weighted by atomic mass is 9.87. The number of aromatic nitrogens is 1. The summed E-state index contributed by atoms with van der Waals surface area (Å²) >= 11 is 1.56. The Bertz CT molecular complexity index is 817. The molecule has 1 unspecified atom stereocenters. The number of likely N-dealkylation sites (tertiary alicyclic amines) is 1. The van der Waals surface area contributed by atoms with Crippen molar-refractivity contribution in [2.75, 3.05) is 11.9 Å². The fraction of sp³-hybridized carbons (Fsp3) is 0.478. The predicted octanol–water partition coefficient (Wildman–Crippen LogP) is 5.47. The van der Waals surface area contributed by atoms with Gasteiger partial charge in [0.05, 0.1) is 0 Å². The number of benzene rings is 1. The van der Waals surface area contributed by atoms with Gasteiger partial charge in [-0.05, 0) is 48.9 Å². The number of hydrogen-bond acceptors (Lipinski definition) is 4. The first-order chi connectivity index (χ1) is 13.3. The number of amides is 1. The van der Waals surface area contributed by atoms with Crippen LogP contribution in [0, 0.1) is 0 Å². The average Bonchev–Trinajstić information content (AvgIpc) is 3.08. The highest BCUT2D eigenvalue weighted by Gasteiger charge is 2.19. The number of anilines is 1. The normalized spacial score (nSPS) is 18.5. The Morgan fingerprint density at radius 1 is 1.29 bits per heavy atom. The summed E-state index contributed by atoms with van der Waals surface area (Å²) in [6, 6.07) is 8.96. The second-order valence-corrected chi connectivity index (χ2v) is 9.76. The summed E-state index contributed by atoms with van der Waals surface area (Å²) in [5.74, 6) is -0.146. The Kier molecular flexibility index (Phi) is 6.68. The average molecular weight is 398 g/mol. The third-order valence-electron chi connectivity index (χ3n) is 5.29. The SMILES string of the molecule is CC1CCCCN1Cc1cnc(NC(=O)/C=C/c2ccc(C(C)(C)C)cc2)s1. The summed E-state index contributed by atoms with van der Waals surface area (Å²) in [5, 5.41) is 3.54. The van der Waals surface area contributed by atoms with E-state index >= 15 is 0 Å². The van der Waals surface area contributed by atoms with Gasteiger partial charge in [-0.15, -0.1) is 11.3 Å². The van der Waals surface area contributed by atoms with E-state index in [1.807, 2.05) is 24.4 Å². The van der Waals surface area contributed by atoms with E-state index in [-0.39, 0.29) is 11.3 Å². The molecule has 1 amide bonds. The van der Waals surface area contributed by atoms with Gasteiger partial charge in [0.1, 0.15) is 0 Å². The fourth-order valence-corrected chi connectivity index (χ4v) is 4.29. The van der Waals surface area contributed by atoms with Crippen LogP contribution in [0.25, 0.3) is 6.08 Å². The van der Waals surface area contributed by atoms with E-state index in [2.05, 4.69) is 55.0 Å². The molecule has 0 saturated carbocycles. The molecule has 2 heterocycles. The van der Waals surface area contributed by atoms with Crippen LogP contribution < -0.4 is 5.32 Å². The van der Waals surface area contributed by atoms with E-state index in [4.69, 9.17) is 0 Å². The van der Waals surface area contributed by atoms with Crippen LogP contribution >= 0.6 is 11.3 Å². The summed E-state index contributed by atoms with van der Waals surface area (Å²) < 4.78 is 0. The number of carbonyl (C=O) groups is 1. The molecule has 1 saturated heterocycles. The molecule has 1 aromatic carbocycles. The first-order valence-corrected chi connectivity index (χ1v) is 10.9. The van der Waals surface area contributed by atoms with Crippen LogP contribution in [0.15, 0.2) is 36.5 Å². The molecule has 1 aliphatic rings.